The normalized spacial score (nSPS) is 11.3. The third kappa shape index (κ3) is 4.12. The molecule has 7 heteroatoms. The quantitative estimate of drug-likeness (QED) is 0.681. The van der Waals surface area contributed by atoms with Crippen LogP contribution in [0.15, 0.2) is 58.8 Å². The van der Waals surface area contributed by atoms with Crippen molar-refractivity contribution in [3.63, 3.8) is 0 Å². The van der Waals surface area contributed by atoms with Gasteiger partial charge in [0.2, 0.25) is 0 Å². The van der Waals surface area contributed by atoms with Crippen molar-refractivity contribution in [2.75, 3.05) is 11.6 Å². The van der Waals surface area contributed by atoms with E-state index < -0.39 is 9.84 Å². The molecule has 3 aromatic rings. The second-order valence-electron chi connectivity index (χ2n) is 5.59. The van der Waals surface area contributed by atoms with E-state index in [1.54, 1.807) is 36.4 Å². The van der Waals surface area contributed by atoms with E-state index in [4.69, 9.17) is 0 Å². The molecule has 128 valence electrons. The van der Waals surface area contributed by atoms with Crippen LogP contribution in [0.5, 0.6) is 0 Å². The molecule has 0 saturated carbocycles. The Hall–Kier alpha value is -2.51. The second-order valence-corrected chi connectivity index (χ2v) is 8.47. The Morgan fingerprint density at radius 2 is 1.68 bits per heavy atom. The highest BCUT2D eigenvalue weighted by Crippen LogP contribution is 2.28. The molecular weight excluding hydrogens is 356 g/mol. The number of nitrogens with zero attached hydrogens (tertiary/aromatic N) is 1. The highest BCUT2D eigenvalue weighted by molar-refractivity contribution is 7.90. The molecule has 0 amide bonds. The highest BCUT2D eigenvalue weighted by atomic mass is 32.2. The lowest BCUT2D eigenvalue weighted by molar-refractivity contribution is 0.101. The molecule has 3 rings (SSSR count). The molecule has 1 heterocycles. The average molecular weight is 372 g/mol. The van der Waals surface area contributed by atoms with Crippen molar-refractivity contribution >= 4 is 37.8 Å². The van der Waals surface area contributed by atoms with Crippen molar-refractivity contribution in [2.45, 2.75) is 11.8 Å². The zero-order chi connectivity index (χ0) is 18.0. The standard InChI is InChI=1S/C18H16N2O3S2/c1-12(21)13-3-7-15(8-4-13)19-18-20-17(11-24-18)14-5-9-16(10-6-14)25(2,22)23/h3-11H,1-2H3,(H,19,20). The number of anilines is 2. The molecule has 25 heavy (non-hydrogen) atoms. The summed E-state index contributed by atoms with van der Waals surface area (Å²) in [6, 6.07) is 13.9. The van der Waals surface area contributed by atoms with Gasteiger partial charge in [0.05, 0.1) is 10.6 Å². The van der Waals surface area contributed by atoms with Gasteiger partial charge in [-0.05, 0) is 43.3 Å². The van der Waals surface area contributed by atoms with Crippen LogP contribution in [0.3, 0.4) is 0 Å². The van der Waals surface area contributed by atoms with Crippen LogP contribution in [0.1, 0.15) is 17.3 Å². The first-order chi connectivity index (χ1) is 11.8. The zero-order valence-electron chi connectivity index (χ0n) is 13.7. The SMILES string of the molecule is CC(=O)c1ccc(Nc2nc(-c3ccc(S(C)(=O)=O)cc3)cs2)cc1. The van der Waals surface area contributed by atoms with Gasteiger partial charge < -0.3 is 5.32 Å². The molecule has 0 fully saturated rings. The molecular formula is C18H16N2O3S2. The number of nitrogens with one attached hydrogen (secondary N) is 1. The number of sulfone groups is 1. The van der Waals surface area contributed by atoms with Gasteiger partial charge in [-0.2, -0.15) is 0 Å². The van der Waals surface area contributed by atoms with Gasteiger partial charge >= 0.3 is 0 Å². The number of carbonyl (C=O) groups is 1. The smallest absolute Gasteiger partial charge is 0.187 e. The van der Waals surface area contributed by atoms with Gasteiger partial charge in [0.1, 0.15) is 0 Å². The Balaban J connectivity index is 1.77. The molecule has 0 saturated heterocycles. The summed E-state index contributed by atoms with van der Waals surface area (Å²) >= 11 is 1.45. The molecule has 2 aromatic carbocycles. The number of rotatable bonds is 5. The number of aromatic nitrogens is 1. The molecule has 0 spiro atoms. The summed E-state index contributed by atoms with van der Waals surface area (Å²) < 4.78 is 23.0. The third-order valence-corrected chi connectivity index (χ3v) is 5.51. The van der Waals surface area contributed by atoms with Gasteiger partial charge in [-0.25, -0.2) is 13.4 Å². The van der Waals surface area contributed by atoms with Crippen LogP contribution in [-0.4, -0.2) is 25.4 Å². The maximum atomic E-state index is 11.5. The second kappa shape index (κ2) is 6.78. The van der Waals surface area contributed by atoms with Gasteiger partial charge in [0.15, 0.2) is 20.8 Å². The van der Waals surface area contributed by atoms with Crippen molar-refractivity contribution in [1.29, 1.82) is 0 Å². The first kappa shape index (κ1) is 17.3. The van der Waals surface area contributed by atoms with Crippen molar-refractivity contribution in [3.8, 4) is 11.3 Å². The van der Waals surface area contributed by atoms with E-state index in [9.17, 15) is 13.2 Å². The lowest BCUT2D eigenvalue weighted by Crippen LogP contribution is -1.96. The van der Waals surface area contributed by atoms with Gasteiger partial charge in [0.25, 0.3) is 0 Å². The highest BCUT2D eigenvalue weighted by Gasteiger charge is 2.09. The van der Waals surface area contributed by atoms with E-state index in [2.05, 4.69) is 10.3 Å². The first-order valence-corrected chi connectivity index (χ1v) is 10.2. The Labute approximate surface area is 150 Å². The summed E-state index contributed by atoms with van der Waals surface area (Å²) in [7, 11) is -3.20. The van der Waals surface area contributed by atoms with Crippen LogP contribution in [0.25, 0.3) is 11.3 Å². The van der Waals surface area contributed by atoms with Crippen molar-refractivity contribution in [1.82, 2.24) is 4.98 Å². The zero-order valence-corrected chi connectivity index (χ0v) is 15.3. The topological polar surface area (TPSA) is 76.1 Å². The maximum Gasteiger partial charge on any atom is 0.187 e. The van der Waals surface area contributed by atoms with E-state index in [1.807, 2.05) is 17.5 Å². The Morgan fingerprint density at radius 3 is 2.24 bits per heavy atom. The van der Waals surface area contributed by atoms with Crippen LogP contribution in [0.4, 0.5) is 10.8 Å². The molecule has 0 bridgehead atoms. The van der Waals surface area contributed by atoms with Gasteiger partial charge in [-0.15, -0.1) is 11.3 Å². The van der Waals surface area contributed by atoms with Crippen molar-refractivity contribution < 1.29 is 13.2 Å². The summed E-state index contributed by atoms with van der Waals surface area (Å²) in [6.45, 7) is 1.53. The summed E-state index contributed by atoms with van der Waals surface area (Å²) in [5, 5.41) is 5.82. The molecule has 0 aliphatic carbocycles. The maximum absolute atomic E-state index is 11.5. The van der Waals surface area contributed by atoms with Crippen LogP contribution >= 0.6 is 11.3 Å². The molecule has 0 atom stereocenters. The van der Waals surface area contributed by atoms with E-state index in [0.29, 0.717) is 5.56 Å². The fourth-order valence-corrected chi connectivity index (χ4v) is 3.62. The number of thiazole rings is 1. The Kier molecular flexibility index (Phi) is 4.69. The summed E-state index contributed by atoms with van der Waals surface area (Å²) in [4.78, 5) is 16.1. The van der Waals surface area contributed by atoms with Crippen LogP contribution in [0, 0.1) is 0 Å². The lowest BCUT2D eigenvalue weighted by Gasteiger charge is -2.03. The fourth-order valence-electron chi connectivity index (χ4n) is 2.25. The van der Waals surface area contributed by atoms with E-state index in [0.717, 1.165) is 22.1 Å². The molecule has 1 N–H and O–H groups in total. The van der Waals surface area contributed by atoms with Gasteiger partial charge in [-0.1, -0.05) is 12.1 Å². The van der Waals surface area contributed by atoms with Crippen molar-refractivity contribution in [2.24, 2.45) is 0 Å². The summed E-state index contributed by atoms with van der Waals surface area (Å²) in [5.41, 5.74) is 3.13. The minimum Gasteiger partial charge on any atom is -0.332 e. The summed E-state index contributed by atoms with van der Waals surface area (Å²) in [6.07, 6.45) is 1.18. The van der Waals surface area contributed by atoms with Gasteiger partial charge in [-0.3, -0.25) is 4.79 Å². The largest absolute Gasteiger partial charge is 0.332 e. The van der Waals surface area contributed by atoms with E-state index in [1.165, 1.54) is 24.5 Å². The van der Waals surface area contributed by atoms with E-state index in [-0.39, 0.29) is 10.7 Å². The molecule has 0 aliphatic heterocycles. The number of ketones is 1. The average Bonchev–Trinajstić information content (AvgIpc) is 3.03. The summed E-state index contributed by atoms with van der Waals surface area (Å²) in [5.74, 6) is 0.0284. The van der Waals surface area contributed by atoms with Crippen molar-refractivity contribution in [3.05, 3.63) is 59.5 Å². The van der Waals surface area contributed by atoms with Crippen LogP contribution < -0.4 is 5.32 Å². The molecule has 1 aromatic heterocycles. The number of carbonyl (C=O) groups excluding carboxylic acids is 1. The lowest BCUT2D eigenvalue weighted by atomic mass is 10.1. The predicted molar refractivity (Wildman–Crippen MR) is 100 cm³/mol. The number of benzene rings is 2. The molecule has 5 nitrogen and oxygen atoms in total. The number of Topliss-reactive ketones (excluding diaryl/α,β-unsaturated/α-hetero) is 1. The minimum atomic E-state index is -3.20. The number of hydrogen-bond acceptors (Lipinski definition) is 6. The molecule has 0 unspecified atom stereocenters. The molecule has 0 radical (unpaired) electrons. The van der Waals surface area contributed by atoms with Crippen LogP contribution in [-0.2, 0) is 9.84 Å². The first-order valence-electron chi connectivity index (χ1n) is 7.47. The predicted octanol–water partition coefficient (Wildman–Crippen LogP) is 4.16. The van der Waals surface area contributed by atoms with Crippen LogP contribution in [0.2, 0.25) is 0 Å². The number of hydrogen-bond donors (Lipinski definition) is 1. The minimum absolute atomic E-state index is 0.0284. The molecule has 0 aliphatic rings. The third-order valence-electron chi connectivity index (χ3n) is 3.63. The monoisotopic (exact) mass is 372 g/mol. The van der Waals surface area contributed by atoms with Gasteiger partial charge in [0, 0.05) is 28.5 Å². The Morgan fingerprint density at radius 1 is 1.04 bits per heavy atom. The van der Waals surface area contributed by atoms with E-state index >= 15 is 0 Å². The fraction of sp³-hybridized carbons (Fsp3) is 0.111. The Bertz CT molecular complexity index is 1010.